The summed E-state index contributed by atoms with van der Waals surface area (Å²) >= 11 is 1.68. The molecule has 0 atom stereocenters. The molecule has 1 aromatic heterocycles. The maximum atomic E-state index is 5.43. The van der Waals surface area contributed by atoms with Crippen molar-refractivity contribution in [3.8, 4) is 0 Å². The number of nitrogens with zero attached hydrogens (tertiary/aromatic N) is 1. The molecule has 1 aromatic rings. The van der Waals surface area contributed by atoms with E-state index < -0.39 is 0 Å². The van der Waals surface area contributed by atoms with Crippen molar-refractivity contribution >= 4 is 36.2 Å². The lowest BCUT2D eigenvalue weighted by Gasteiger charge is -1.85. The van der Waals surface area contributed by atoms with E-state index in [1.807, 2.05) is 0 Å². The smallest absolute Gasteiger partial charge is 0.106 e. The molecule has 1 aliphatic rings. The van der Waals surface area contributed by atoms with E-state index in [-0.39, 0.29) is 24.8 Å². The molecule has 0 amide bonds. The van der Waals surface area contributed by atoms with E-state index in [0.29, 0.717) is 6.54 Å². The summed E-state index contributed by atoms with van der Waals surface area (Å²) in [4.78, 5) is 4.38. The van der Waals surface area contributed by atoms with Crippen LogP contribution in [-0.2, 0) is 6.54 Å². The molecular formula is C7H12Cl2N2S. The Bertz CT molecular complexity index is 235. The summed E-state index contributed by atoms with van der Waals surface area (Å²) in [6.07, 6.45) is 2.65. The molecule has 0 aromatic carbocycles. The number of nitrogens with two attached hydrogens (primary N) is 1. The number of rotatable bonds is 2. The highest BCUT2D eigenvalue weighted by Gasteiger charge is 2.25. The average Bonchev–Trinajstić information content (AvgIpc) is 2.70. The second-order valence-corrected chi connectivity index (χ2v) is 3.59. The predicted molar refractivity (Wildman–Crippen MR) is 56.5 cm³/mol. The van der Waals surface area contributed by atoms with Crippen molar-refractivity contribution in [1.29, 1.82) is 0 Å². The van der Waals surface area contributed by atoms with Gasteiger partial charge in [0.05, 0.1) is 5.69 Å². The largest absolute Gasteiger partial charge is 0.325 e. The number of hydrogen-bond acceptors (Lipinski definition) is 3. The van der Waals surface area contributed by atoms with Crippen LogP contribution < -0.4 is 5.73 Å². The van der Waals surface area contributed by atoms with Gasteiger partial charge in [0.25, 0.3) is 0 Å². The summed E-state index contributed by atoms with van der Waals surface area (Å²) in [6.45, 7) is 0.595. The standard InChI is InChI=1S/C7H10N2S.2ClH/c8-3-7-9-6(4-10-7)5-1-2-5;;/h4-5H,1-3,8H2;2*1H. The first kappa shape index (κ1) is 12.2. The zero-order chi connectivity index (χ0) is 6.97. The molecule has 0 unspecified atom stereocenters. The maximum absolute atomic E-state index is 5.43. The first-order valence-corrected chi connectivity index (χ1v) is 4.42. The molecule has 1 heterocycles. The Labute approximate surface area is 88.4 Å². The van der Waals surface area contributed by atoms with Crippen molar-refractivity contribution in [2.75, 3.05) is 0 Å². The molecule has 5 heteroatoms. The topological polar surface area (TPSA) is 38.9 Å². The Kier molecular flexibility index (Phi) is 5.09. The van der Waals surface area contributed by atoms with Gasteiger partial charge in [0.15, 0.2) is 0 Å². The van der Waals surface area contributed by atoms with Gasteiger partial charge < -0.3 is 5.73 Å². The van der Waals surface area contributed by atoms with E-state index in [0.717, 1.165) is 10.9 Å². The van der Waals surface area contributed by atoms with Crippen molar-refractivity contribution in [2.24, 2.45) is 5.73 Å². The third kappa shape index (κ3) is 2.59. The van der Waals surface area contributed by atoms with Crippen molar-refractivity contribution in [2.45, 2.75) is 25.3 Å². The Hall–Kier alpha value is 0.170. The Morgan fingerprint density at radius 3 is 2.58 bits per heavy atom. The molecule has 2 nitrogen and oxygen atoms in total. The van der Waals surface area contributed by atoms with Gasteiger partial charge in [0, 0.05) is 17.8 Å². The van der Waals surface area contributed by atoms with Gasteiger partial charge in [-0.2, -0.15) is 0 Å². The number of halogens is 2. The minimum atomic E-state index is 0. The zero-order valence-electron chi connectivity index (χ0n) is 6.53. The van der Waals surface area contributed by atoms with E-state index >= 15 is 0 Å². The minimum Gasteiger partial charge on any atom is -0.325 e. The first-order chi connectivity index (χ1) is 4.90. The van der Waals surface area contributed by atoms with E-state index in [4.69, 9.17) is 5.73 Å². The van der Waals surface area contributed by atoms with E-state index in [9.17, 15) is 0 Å². The molecule has 1 fully saturated rings. The molecule has 0 aliphatic heterocycles. The van der Waals surface area contributed by atoms with Crippen LogP contribution in [0.4, 0.5) is 0 Å². The highest BCUT2D eigenvalue weighted by molar-refractivity contribution is 7.09. The molecule has 1 aliphatic carbocycles. The van der Waals surface area contributed by atoms with Crippen LogP contribution in [0.5, 0.6) is 0 Å². The van der Waals surface area contributed by atoms with Crippen molar-refractivity contribution in [3.63, 3.8) is 0 Å². The molecule has 12 heavy (non-hydrogen) atoms. The molecule has 0 spiro atoms. The lowest BCUT2D eigenvalue weighted by molar-refractivity contribution is 0.973. The summed E-state index contributed by atoms with van der Waals surface area (Å²) in [5.74, 6) is 0.775. The Morgan fingerprint density at radius 1 is 1.50 bits per heavy atom. The van der Waals surface area contributed by atoms with Crippen LogP contribution in [0.1, 0.15) is 29.5 Å². The third-order valence-corrected chi connectivity index (χ3v) is 2.63. The lowest BCUT2D eigenvalue weighted by Crippen LogP contribution is -1.94. The van der Waals surface area contributed by atoms with Crippen molar-refractivity contribution < 1.29 is 0 Å². The number of aromatic nitrogens is 1. The van der Waals surface area contributed by atoms with Gasteiger partial charge in [-0.1, -0.05) is 0 Å². The number of thiazole rings is 1. The Balaban J connectivity index is 0.000000605. The van der Waals surface area contributed by atoms with Crippen LogP contribution in [0.2, 0.25) is 0 Å². The van der Waals surface area contributed by atoms with Crippen molar-refractivity contribution in [1.82, 2.24) is 4.98 Å². The molecule has 2 rings (SSSR count). The summed E-state index contributed by atoms with van der Waals surface area (Å²) in [5.41, 5.74) is 6.70. The normalized spacial score (nSPS) is 14.8. The molecule has 70 valence electrons. The lowest BCUT2D eigenvalue weighted by atomic mass is 10.3. The highest BCUT2D eigenvalue weighted by atomic mass is 35.5. The second-order valence-electron chi connectivity index (χ2n) is 2.64. The quantitative estimate of drug-likeness (QED) is 0.842. The number of hydrogen-bond donors (Lipinski definition) is 1. The van der Waals surface area contributed by atoms with Gasteiger partial charge in [-0.05, 0) is 12.8 Å². The maximum Gasteiger partial charge on any atom is 0.106 e. The van der Waals surface area contributed by atoms with Crippen LogP contribution >= 0.6 is 36.2 Å². The molecule has 0 radical (unpaired) electrons. The van der Waals surface area contributed by atoms with Gasteiger partial charge in [-0.15, -0.1) is 36.2 Å². The Morgan fingerprint density at radius 2 is 2.17 bits per heavy atom. The molecule has 0 saturated heterocycles. The average molecular weight is 227 g/mol. The highest BCUT2D eigenvalue weighted by Crippen LogP contribution is 2.39. The van der Waals surface area contributed by atoms with Gasteiger partial charge >= 0.3 is 0 Å². The molecular weight excluding hydrogens is 215 g/mol. The molecule has 2 N–H and O–H groups in total. The van der Waals surface area contributed by atoms with E-state index in [2.05, 4.69) is 10.4 Å². The third-order valence-electron chi connectivity index (χ3n) is 1.74. The molecule has 0 bridgehead atoms. The van der Waals surface area contributed by atoms with Gasteiger partial charge in [0.1, 0.15) is 5.01 Å². The first-order valence-electron chi connectivity index (χ1n) is 3.54. The fourth-order valence-corrected chi connectivity index (χ4v) is 1.74. The van der Waals surface area contributed by atoms with E-state index in [1.165, 1.54) is 18.5 Å². The monoisotopic (exact) mass is 226 g/mol. The summed E-state index contributed by atoms with van der Waals surface area (Å²) < 4.78 is 0. The van der Waals surface area contributed by atoms with Gasteiger partial charge in [-0.3, -0.25) is 0 Å². The van der Waals surface area contributed by atoms with E-state index in [1.54, 1.807) is 11.3 Å². The van der Waals surface area contributed by atoms with Crippen molar-refractivity contribution in [3.05, 3.63) is 16.1 Å². The summed E-state index contributed by atoms with van der Waals surface area (Å²) in [6, 6.07) is 0. The molecule has 1 saturated carbocycles. The van der Waals surface area contributed by atoms with Crippen LogP contribution in [0.3, 0.4) is 0 Å². The second kappa shape index (κ2) is 5.02. The minimum absolute atomic E-state index is 0. The summed E-state index contributed by atoms with van der Waals surface area (Å²) in [5, 5.41) is 3.21. The van der Waals surface area contributed by atoms with Crippen LogP contribution in [0.15, 0.2) is 5.38 Å². The van der Waals surface area contributed by atoms with Gasteiger partial charge in [0.2, 0.25) is 0 Å². The SMILES string of the molecule is Cl.Cl.NCc1nc(C2CC2)cs1. The van der Waals surface area contributed by atoms with Crippen LogP contribution in [0.25, 0.3) is 0 Å². The fourth-order valence-electron chi connectivity index (χ4n) is 0.985. The zero-order valence-corrected chi connectivity index (χ0v) is 8.97. The van der Waals surface area contributed by atoms with Crippen LogP contribution in [-0.4, -0.2) is 4.98 Å². The predicted octanol–water partition coefficient (Wildman–Crippen LogP) is 2.32. The van der Waals surface area contributed by atoms with Gasteiger partial charge in [-0.25, -0.2) is 4.98 Å². The summed E-state index contributed by atoms with van der Waals surface area (Å²) in [7, 11) is 0. The fraction of sp³-hybridized carbons (Fsp3) is 0.571. The van der Waals surface area contributed by atoms with Crippen LogP contribution in [0, 0.1) is 0 Å².